The minimum atomic E-state index is -1.63. The third-order valence-corrected chi connectivity index (χ3v) is 3.78. The van der Waals surface area contributed by atoms with Crippen LogP contribution in [0.3, 0.4) is 0 Å². The van der Waals surface area contributed by atoms with Gasteiger partial charge in [-0.1, -0.05) is 69.3 Å². The first kappa shape index (κ1) is 17.2. The number of rotatable bonds is 5. The van der Waals surface area contributed by atoms with Gasteiger partial charge in [0, 0.05) is 12.0 Å². The highest BCUT2D eigenvalue weighted by atomic mass is 16.6. The highest BCUT2D eigenvalue weighted by Crippen LogP contribution is 2.37. The van der Waals surface area contributed by atoms with E-state index in [4.69, 9.17) is 4.74 Å². The largest absolute Gasteiger partial charge is 0.442 e. The Kier molecular flexibility index (Phi) is 4.59. The van der Waals surface area contributed by atoms with Crippen molar-refractivity contribution in [2.45, 2.75) is 33.1 Å². The summed E-state index contributed by atoms with van der Waals surface area (Å²) in [5.41, 5.74) is 1.76. The van der Waals surface area contributed by atoms with Gasteiger partial charge in [0.2, 0.25) is 0 Å². The molecule has 5 nitrogen and oxygen atoms in total. The lowest BCUT2D eigenvalue weighted by atomic mass is 9.90. The van der Waals surface area contributed by atoms with Crippen LogP contribution < -0.4 is 4.74 Å². The van der Waals surface area contributed by atoms with E-state index >= 15 is 0 Å². The molecule has 1 unspecified atom stereocenters. The maximum absolute atomic E-state index is 11.3. The molecule has 0 spiro atoms. The first-order chi connectivity index (χ1) is 11.9. The summed E-state index contributed by atoms with van der Waals surface area (Å²) in [6.45, 7) is 6.13. The van der Waals surface area contributed by atoms with Crippen LogP contribution in [0.2, 0.25) is 0 Å². The van der Waals surface area contributed by atoms with E-state index in [0.29, 0.717) is 12.2 Å². The number of para-hydroxylation sites is 1. The normalized spacial score (nSPS) is 14.1. The molecule has 0 fully saturated rings. The molecule has 0 aliphatic rings. The second-order valence-electron chi connectivity index (χ2n) is 7.28. The van der Waals surface area contributed by atoms with Crippen LogP contribution in [0.4, 0.5) is 0 Å². The van der Waals surface area contributed by atoms with Crippen LogP contribution >= 0.6 is 0 Å². The van der Waals surface area contributed by atoms with E-state index in [0.717, 1.165) is 11.1 Å². The standard InChI is InChI=1S/C20H23N3O2/c1-19(2,3)13-20(24,23-15-21-14-22-23)25-18-12-8-7-11-17(18)16-9-5-4-6-10-16/h4-12,14-15,24H,13H2,1-3H3. The molecule has 0 aliphatic carbocycles. The number of nitrogens with zero attached hydrogens (tertiary/aromatic N) is 3. The summed E-state index contributed by atoms with van der Waals surface area (Å²) in [4.78, 5) is 3.95. The van der Waals surface area contributed by atoms with Crippen molar-refractivity contribution in [3.63, 3.8) is 0 Å². The summed E-state index contributed by atoms with van der Waals surface area (Å²) < 4.78 is 7.49. The van der Waals surface area contributed by atoms with Crippen molar-refractivity contribution in [3.05, 3.63) is 67.3 Å². The van der Waals surface area contributed by atoms with Crippen LogP contribution in [0.25, 0.3) is 11.1 Å². The van der Waals surface area contributed by atoms with Gasteiger partial charge < -0.3 is 9.84 Å². The van der Waals surface area contributed by atoms with Crippen molar-refractivity contribution in [2.75, 3.05) is 0 Å². The summed E-state index contributed by atoms with van der Waals surface area (Å²) in [6, 6.07) is 17.6. The van der Waals surface area contributed by atoms with E-state index in [2.05, 4.69) is 10.1 Å². The number of hydrogen-bond acceptors (Lipinski definition) is 4. The molecule has 1 heterocycles. The van der Waals surface area contributed by atoms with Gasteiger partial charge in [0.05, 0.1) is 0 Å². The average molecular weight is 337 g/mol. The zero-order valence-electron chi connectivity index (χ0n) is 14.8. The molecule has 2 aromatic carbocycles. The van der Waals surface area contributed by atoms with Crippen LogP contribution in [0.5, 0.6) is 5.75 Å². The lowest BCUT2D eigenvalue weighted by Gasteiger charge is -2.34. The van der Waals surface area contributed by atoms with Crippen molar-refractivity contribution in [1.82, 2.24) is 14.8 Å². The van der Waals surface area contributed by atoms with Crippen molar-refractivity contribution in [2.24, 2.45) is 5.41 Å². The summed E-state index contributed by atoms with van der Waals surface area (Å²) in [6.07, 6.45) is 3.21. The third-order valence-electron chi connectivity index (χ3n) is 3.78. The van der Waals surface area contributed by atoms with Gasteiger partial charge in [-0.25, -0.2) is 4.98 Å². The Labute approximate surface area is 147 Å². The van der Waals surface area contributed by atoms with E-state index < -0.39 is 5.91 Å². The predicted molar refractivity (Wildman–Crippen MR) is 96.8 cm³/mol. The maximum atomic E-state index is 11.3. The van der Waals surface area contributed by atoms with Gasteiger partial charge in [-0.2, -0.15) is 9.78 Å². The molecule has 1 N–H and O–H groups in total. The van der Waals surface area contributed by atoms with E-state index in [1.165, 1.54) is 17.3 Å². The van der Waals surface area contributed by atoms with Crippen LogP contribution in [0.15, 0.2) is 67.3 Å². The van der Waals surface area contributed by atoms with Gasteiger partial charge in [-0.15, -0.1) is 0 Å². The van der Waals surface area contributed by atoms with E-state index in [9.17, 15) is 5.11 Å². The second-order valence-corrected chi connectivity index (χ2v) is 7.28. The van der Waals surface area contributed by atoms with Gasteiger partial charge >= 0.3 is 5.91 Å². The van der Waals surface area contributed by atoms with Crippen LogP contribution in [-0.4, -0.2) is 19.9 Å². The van der Waals surface area contributed by atoms with E-state index in [1.807, 2.05) is 75.4 Å². The number of benzene rings is 2. The van der Waals surface area contributed by atoms with Gasteiger partial charge in [-0.3, -0.25) is 0 Å². The third kappa shape index (κ3) is 4.06. The minimum Gasteiger partial charge on any atom is -0.442 e. The molecule has 3 rings (SSSR count). The molecule has 0 radical (unpaired) electrons. The fraction of sp³-hybridized carbons (Fsp3) is 0.300. The summed E-state index contributed by atoms with van der Waals surface area (Å²) in [5, 5.41) is 15.4. The lowest BCUT2D eigenvalue weighted by Crippen LogP contribution is -2.43. The Hall–Kier alpha value is -2.66. The monoisotopic (exact) mass is 337 g/mol. The maximum Gasteiger partial charge on any atom is 0.313 e. The number of ether oxygens (including phenoxy) is 1. The molecule has 0 saturated carbocycles. The molecule has 5 heteroatoms. The number of aliphatic hydroxyl groups is 1. The first-order valence-electron chi connectivity index (χ1n) is 8.28. The molecule has 1 aromatic heterocycles. The Morgan fingerprint density at radius 3 is 2.32 bits per heavy atom. The summed E-state index contributed by atoms with van der Waals surface area (Å²) >= 11 is 0. The van der Waals surface area contributed by atoms with Crippen LogP contribution in [0.1, 0.15) is 27.2 Å². The highest BCUT2D eigenvalue weighted by Gasteiger charge is 2.38. The van der Waals surface area contributed by atoms with Gasteiger partial charge in [0.1, 0.15) is 18.4 Å². The molecular weight excluding hydrogens is 314 g/mol. The fourth-order valence-corrected chi connectivity index (χ4v) is 2.83. The zero-order chi connectivity index (χ0) is 17.9. The van der Waals surface area contributed by atoms with Crippen molar-refractivity contribution in [1.29, 1.82) is 0 Å². The molecule has 25 heavy (non-hydrogen) atoms. The van der Waals surface area contributed by atoms with Crippen molar-refractivity contribution >= 4 is 0 Å². The molecule has 0 bridgehead atoms. The van der Waals surface area contributed by atoms with E-state index in [-0.39, 0.29) is 5.41 Å². The second kappa shape index (κ2) is 6.69. The van der Waals surface area contributed by atoms with Gasteiger partial charge in [0.25, 0.3) is 0 Å². The number of hydrogen-bond donors (Lipinski definition) is 1. The quantitative estimate of drug-likeness (QED) is 0.713. The molecule has 130 valence electrons. The van der Waals surface area contributed by atoms with Crippen LogP contribution in [-0.2, 0) is 5.91 Å². The Morgan fingerprint density at radius 1 is 1.00 bits per heavy atom. The zero-order valence-corrected chi connectivity index (χ0v) is 14.8. The minimum absolute atomic E-state index is 0.178. The Morgan fingerprint density at radius 2 is 1.68 bits per heavy atom. The van der Waals surface area contributed by atoms with Gasteiger partial charge in [0.15, 0.2) is 0 Å². The highest BCUT2D eigenvalue weighted by molar-refractivity contribution is 5.70. The SMILES string of the molecule is CC(C)(C)CC(O)(Oc1ccccc1-c1ccccc1)n1cncn1. The van der Waals surface area contributed by atoms with Crippen LogP contribution in [0, 0.1) is 5.41 Å². The smallest absolute Gasteiger partial charge is 0.313 e. The molecule has 3 aromatic rings. The van der Waals surface area contributed by atoms with Crippen molar-refractivity contribution < 1.29 is 9.84 Å². The average Bonchev–Trinajstić information content (AvgIpc) is 3.10. The topological polar surface area (TPSA) is 60.2 Å². The first-order valence-corrected chi connectivity index (χ1v) is 8.28. The Bertz CT molecular complexity index is 810. The molecule has 0 saturated heterocycles. The predicted octanol–water partition coefficient (Wildman–Crippen LogP) is 4.06. The summed E-state index contributed by atoms with van der Waals surface area (Å²) in [7, 11) is 0. The Balaban J connectivity index is 2.01. The number of aromatic nitrogens is 3. The lowest BCUT2D eigenvalue weighted by molar-refractivity contribution is -0.232. The van der Waals surface area contributed by atoms with Crippen molar-refractivity contribution in [3.8, 4) is 16.9 Å². The molecule has 1 atom stereocenters. The molecule has 0 amide bonds. The van der Waals surface area contributed by atoms with E-state index in [1.54, 1.807) is 0 Å². The van der Waals surface area contributed by atoms with Gasteiger partial charge in [-0.05, 0) is 17.0 Å². The molecule has 0 aliphatic heterocycles. The fourth-order valence-electron chi connectivity index (χ4n) is 2.83. The molecular formula is C20H23N3O2. The summed E-state index contributed by atoms with van der Waals surface area (Å²) in [5.74, 6) is -1.03.